The SMILES string of the molecule is c1ccc(-n2c3ccccc3c3cc4sc5c6c(ccc5c4cc32)N2B(c3ccccc3-c3ccccc32)c2ccccc2-6)cc1. The predicted molar refractivity (Wildman–Crippen MR) is 198 cm³/mol. The van der Waals surface area contributed by atoms with E-state index in [0.29, 0.717) is 0 Å². The van der Waals surface area contributed by atoms with Crippen molar-refractivity contribution < 1.29 is 0 Å². The highest BCUT2D eigenvalue weighted by atomic mass is 32.1. The van der Waals surface area contributed by atoms with Crippen LogP contribution in [0.5, 0.6) is 0 Å². The summed E-state index contributed by atoms with van der Waals surface area (Å²) in [6, 6.07) is 56.2. The molecular weight excluding hydrogens is 575 g/mol. The summed E-state index contributed by atoms with van der Waals surface area (Å²) in [5, 5.41) is 5.23. The number of fused-ring (bicyclic) bond motifs is 18. The number of anilines is 2. The van der Waals surface area contributed by atoms with Crippen LogP contribution in [-0.4, -0.2) is 11.4 Å². The third-order valence-electron chi connectivity index (χ3n) is 10.2. The number of benzene rings is 7. The van der Waals surface area contributed by atoms with Crippen LogP contribution in [0.3, 0.4) is 0 Å². The normalized spacial score (nSPS) is 13.1. The molecule has 0 saturated carbocycles. The molecule has 212 valence electrons. The molecule has 0 radical (unpaired) electrons. The fraction of sp³-hybridized carbons (Fsp3) is 0. The van der Waals surface area contributed by atoms with Crippen LogP contribution in [0.2, 0.25) is 0 Å². The summed E-state index contributed by atoms with van der Waals surface area (Å²) in [6.07, 6.45) is 0. The van der Waals surface area contributed by atoms with Gasteiger partial charge in [-0.1, -0.05) is 109 Å². The molecule has 11 rings (SSSR count). The van der Waals surface area contributed by atoms with Crippen LogP contribution in [0.25, 0.3) is 69.9 Å². The lowest BCUT2D eigenvalue weighted by Gasteiger charge is -2.43. The smallest absolute Gasteiger partial charge is 0.329 e. The van der Waals surface area contributed by atoms with Crippen molar-refractivity contribution in [3.63, 3.8) is 0 Å². The molecule has 9 aromatic rings. The van der Waals surface area contributed by atoms with E-state index in [1.165, 1.54) is 92.2 Å². The van der Waals surface area contributed by atoms with Crippen molar-refractivity contribution in [3.8, 4) is 27.9 Å². The molecule has 2 aliphatic rings. The number of para-hydroxylation sites is 3. The molecule has 0 fully saturated rings. The number of hydrogen-bond donors (Lipinski definition) is 0. The first-order valence-corrected chi connectivity index (χ1v) is 16.7. The molecule has 2 aromatic heterocycles. The maximum absolute atomic E-state index is 2.60. The molecule has 2 aliphatic heterocycles. The van der Waals surface area contributed by atoms with Crippen molar-refractivity contribution in [2.75, 3.05) is 4.81 Å². The monoisotopic (exact) mass is 600 g/mol. The summed E-state index contributed by atoms with van der Waals surface area (Å²) in [4.78, 5) is 2.60. The Morgan fingerprint density at radius 2 is 1.15 bits per heavy atom. The maximum atomic E-state index is 2.60. The first-order valence-electron chi connectivity index (χ1n) is 15.9. The molecule has 46 heavy (non-hydrogen) atoms. The quantitative estimate of drug-likeness (QED) is 0.170. The van der Waals surface area contributed by atoms with Crippen LogP contribution >= 0.6 is 11.3 Å². The largest absolute Gasteiger partial charge is 0.376 e. The molecule has 0 atom stereocenters. The van der Waals surface area contributed by atoms with Gasteiger partial charge in [-0.05, 0) is 64.5 Å². The molecule has 7 aromatic carbocycles. The third kappa shape index (κ3) is 3.12. The van der Waals surface area contributed by atoms with Crippen LogP contribution in [0.4, 0.5) is 11.4 Å². The summed E-state index contributed by atoms with van der Waals surface area (Å²) < 4.78 is 5.11. The molecule has 4 heteroatoms. The van der Waals surface area contributed by atoms with Gasteiger partial charge in [-0.25, -0.2) is 0 Å². The summed E-state index contributed by atoms with van der Waals surface area (Å²) in [5.74, 6) is 0. The van der Waals surface area contributed by atoms with E-state index in [1.807, 2.05) is 11.3 Å². The zero-order valence-electron chi connectivity index (χ0n) is 24.8. The zero-order valence-corrected chi connectivity index (χ0v) is 25.6. The summed E-state index contributed by atoms with van der Waals surface area (Å²) >= 11 is 1.94. The van der Waals surface area contributed by atoms with E-state index >= 15 is 0 Å². The lowest BCUT2D eigenvalue weighted by atomic mass is 9.43. The molecule has 0 spiro atoms. The van der Waals surface area contributed by atoms with Crippen molar-refractivity contribution in [2.24, 2.45) is 0 Å². The van der Waals surface area contributed by atoms with Crippen LogP contribution in [0.15, 0.2) is 152 Å². The zero-order chi connectivity index (χ0) is 29.9. The highest BCUT2D eigenvalue weighted by Crippen LogP contribution is 2.51. The van der Waals surface area contributed by atoms with E-state index < -0.39 is 0 Å². The Morgan fingerprint density at radius 3 is 2.02 bits per heavy atom. The fourth-order valence-electron chi connectivity index (χ4n) is 8.32. The van der Waals surface area contributed by atoms with Gasteiger partial charge in [0, 0.05) is 59.1 Å². The number of aromatic nitrogens is 1. The van der Waals surface area contributed by atoms with Crippen molar-refractivity contribution in [2.45, 2.75) is 0 Å². The Labute approximate surface area is 270 Å². The minimum absolute atomic E-state index is 0.126. The third-order valence-corrected chi connectivity index (χ3v) is 11.4. The van der Waals surface area contributed by atoms with E-state index in [1.54, 1.807) is 0 Å². The van der Waals surface area contributed by atoms with E-state index in [4.69, 9.17) is 0 Å². The maximum Gasteiger partial charge on any atom is 0.329 e. The average Bonchev–Trinajstić information content (AvgIpc) is 3.65. The average molecular weight is 601 g/mol. The summed E-state index contributed by atoms with van der Waals surface area (Å²) in [6.45, 7) is 0.126. The van der Waals surface area contributed by atoms with Crippen LogP contribution in [-0.2, 0) is 0 Å². The van der Waals surface area contributed by atoms with E-state index in [2.05, 4.69) is 161 Å². The number of thiophene rings is 1. The van der Waals surface area contributed by atoms with Gasteiger partial charge in [-0.2, -0.15) is 0 Å². The predicted octanol–water partition coefficient (Wildman–Crippen LogP) is 10.1. The van der Waals surface area contributed by atoms with Crippen LogP contribution < -0.4 is 15.7 Å². The Bertz CT molecular complexity index is 2720. The van der Waals surface area contributed by atoms with E-state index in [9.17, 15) is 0 Å². The summed E-state index contributed by atoms with van der Waals surface area (Å²) in [7, 11) is 0. The lowest BCUT2D eigenvalue weighted by molar-refractivity contribution is 1.18. The molecule has 4 heterocycles. The number of nitrogens with zero attached hydrogens (tertiary/aromatic N) is 2. The standard InChI is InChI=1S/C42H25BN2S/c1-2-12-26(13-3-1)44-36-20-10-6-16-29(36)32-25-40-33(24-39(32)44)30-22-23-38-41(42(30)46-40)31-17-5-9-19-35(31)43-34-18-8-4-14-27(34)28-15-7-11-21-37(28)45(38)43/h1-25H. The Hall–Kier alpha value is -5.58. The minimum atomic E-state index is 0.126. The second-order valence-electron chi connectivity index (χ2n) is 12.5. The molecule has 0 bridgehead atoms. The molecule has 0 aliphatic carbocycles. The summed E-state index contributed by atoms with van der Waals surface area (Å²) in [5.41, 5.74) is 14.3. The molecule has 0 amide bonds. The second kappa shape index (κ2) is 9.00. The van der Waals surface area contributed by atoms with E-state index in [-0.39, 0.29) is 6.85 Å². The Morgan fingerprint density at radius 1 is 0.457 bits per heavy atom. The van der Waals surface area contributed by atoms with Gasteiger partial charge >= 0.3 is 6.85 Å². The molecular formula is C42H25BN2S. The van der Waals surface area contributed by atoms with Gasteiger partial charge in [0.2, 0.25) is 0 Å². The minimum Gasteiger partial charge on any atom is -0.376 e. The van der Waals surface area contributed by atoms with Crippen LogP contribution in [0.1, 0.15) is 0 Å². The van der Waals surface area contributed by atoms with Crippen molar-refractivity contribution >= 4 is 82.5 Å². The van der Waals surface area contributed by atoms with Crippen molar-refractivity contribution in [1.29, 1.82) is 0 Å². The van der Waals surface area contributed by atoms with Crippen molar-refractivity contribution in [1.82, 2.24) is 4.57 Å². The van der Waals surface area contributed by atoms with Gasteiger partial charge < -0.3 is 9.38 Å². The first-order chi connectivity index (χ1) is 22.8. The molecule has 0 N–H and O–H groups in total. The Kier molecular flexibility index (Phi) is 4.83. The number of rotatable bonds is 1. The number of hydrogen-bond acceptors (Lipinski definition) is 2. The fourth-order valence-corrected chi connectivity index (χ4v) is 9.60. The van der Waals surface area contributed by atoms with Gasteiger partial charge in [-0.3, -0.25) is 0 Å². The van der Waals surface area contributed by atoms with Gasteiger partial charge in [0.1, 0.15) is 0 Å². The molecule has 2 nitrogen and oxygen atoms in total. The van der Waals surface area contributed by atoms with E-state index in [0.717, 1.165) is 0 Å². The lowest BCUT2D eigenvalue weighted by Crippen LogP contribution is -2.59. The topological polar surface area (TPSA) is 8.17 Å². The van der Waals surface area contributed by atoms with Gasteiger partial charge in [0.25, 0.3) is 0 Å². The highest BCUT2D eigenvalue weighted by molar-refractivity contribution is 7.26. The van der Waals surface area contributed by atoms with Gasteiger partial charge in [0.05, 0.1) is 11.0 Å². The molecule has 0 unspecified atom stereocenters. The highest BCUT2D eigenvalue weighted by Gasteiger charge is 2.42. The van der Waals surface area contributed by atoms with Gasteiger partial charge in [0.15, 0.2) is 0 Å². The first kappa shape index (κ1) is 24.7. The second-order valence-corrected chi connectivity index (χ2v) is 13.5. The van der Waals surface area contributed by atoms with Crippen molar-refractivity contribution in [3.05, 3.63) is 152 Å². The molecule has 0 saturated heterocycles. The van der Waals surface area contributed by atoms with Crippen LogP contribution in [0, 0.1) is 0 Å². The van der Waals surface area contributed by atoms with Gasteiger partial charge in [-0.15, -0.1) is 11.3 Å². The Balaban J connectivity index is 1.24.